The van der Waals surface area contributed by atoms with Gasteiger partial charge in [-0.2, -0.15) is 0 Å². The SMILES string of the molecule is CCCNC(=O)C(CC)N(Cc1cccc(C)c1)C(=O)CN(c1cccc(Cl)c1)S(=O)(=O)c1ccc(Cl)cc1. The third-order valence-electron chi connectivity index (χ3n) is 6.15. The van der Waals surface area contributed by atoms with E-state index in [1.54, 1.807) is 18.2 Å². The van der Waals surface area contributed by atoms with Crippen LogP contribution in [0.5, 0.6) is 0 Å². The van der Waals surface area contributed by atoms with Gasteiger partial charge in [0.2, 0.25) is 11.8 Å². The smallest absolute Gasteiger partial charge is 0.264 e. The van der Waals surface area contributed by atoms with Gasteiger partial charge in [-0.25, -0.2) is 8.42 Å². The van der Waals surface area contributed by atoms with Crippen molar-refractivity contribution in [1.29, 1.82) is 0 Å². The van der Waals surface area contributed by atoms with Gasteiger partial charge in [0.1, 0.15) is 12.6 Å². The molecule has 0 fully saturated rings. The summed E-state index contributed by atoms with van der Waals surface area (Å²) in [7, 11) is -4.19. The van der Waals surface area contributed by atoms with Crippen LogP contribution in [0.1, 0.15) is 37.8 Å². The number of halogens is 2. The lowest BCUT2D eigenvalue weighted by Crippen LogP contribution is -2.52. The molecule has 0 radical (unpaired) electrons. The molecule has 0 bridgehead atoms. The Morgan fingerprint density at radius 3 is 2.23 bits per heavy atom. The maximum atomic E-state index is 14.0. The molecule has 0 aliphatic heterocycles. The summed E-state index contributed by atoms with van der Waals surface area (Å²) in [5.41, 5.74) is 2.07. The van der Waals surface area contributed by atoms with Crippen molar-refractivity contribution in [3.8, 4) is 0 Å². The highest BCUT2D eigenvalue weighted by molar-refractivity contribution is 7.92. The summed E-state index contributed by atoms with van der Waals surface area (Å²) in [6, 6.07) is 18.9. The normalized spacial score (nSPS) is 12.0. The van der Waals surface area contributed by atoms with Gasteiger partial charge in [-0.15, -0.1) is 0 Å². The summed E-state index contributed by atoms with van der Waals surface area (Å²) in [4.78, 5) is 28.5. The molecule has 3 rings (SSSR count). The lowest BCUT2D eigenvalue weighted by atomic mass is 10.1. The van der Waals surface area contributed by atoms with Crippen LogP contribution in [0.15, 0.2) is 77.7 Å². The Bertz CT molecular complexity index is 1400. The number of nitrogens with one attached hydrogen (secondary N) is 1. The second-order valence-electron chi connectivity index (χ2n) is 9.17. The van der Waals surface area contributed by atoms with Gasteiger partial charge in [0, 0.05) is 23.1 Å². The highest BCUT2D eigenvalue weighted by Gasteiger charge is 2.33. The predicted molar refractivity (Wildman–Crippen MR) is 157 cm³/mol. The van der Waals surface area contributed by atoms with Crippen molar-refractivity contribution in [1.82, 2.24) is 10.2 Å². The minimum Gasteiger partial charge on any atom is -0.354 e. The third-order valence-corrected chi connectivity index (χ3v) is 8.42. The van der Waals surface area contributed by atoms with E-state index in [9.17, 15) is 18.0 Å². The molecule has 208 valence electrons. The number of nitrogens with zero attached hydrogens (tertiary/aromatic N) is 2. The van der Waals surface area contributed by atoms with Crippen molar-refractivity contribution in [2.45, 2.75) is 51.1 Å². The van der Waals surface area contributed by atoms with Gasteiger partial charge < -0.3 is 10.2 Å². The van der Waals surface area contributed by atoms with E-state index in [0.29, 0.717) is 23.0 Å². The van der Waals surface area contributed by atoms with E-state index in [4.69, 9.17) is 23.2 Å². The van der Waals surface area contributed by atoms with Crippen molar-refractivity contribution in [2.24, 2.45) is 0 Å². The van der Waals surface area contributed by atoms with Gasteiger partial charge >= 0.3 is 0 Å². The van der Waals surface area contributed by atoms with Gasteiger partial charge in [-0.05, 0) is 67.8 Å². The largest absolute Gasteiger partial charge is 0.354 e. The molecule has 0 saturated heterocycles. The molecule has 1 unspecified atom stereocenters. The summed E-state index contributed by atoms with van der Waals surface area (Å²) in [5.74, 6) is -0.803. The number of aryl methyl sites for hydroxylation is 1. The van der Waals surface area contributed by atoms with Crippen molar-refractivity contribution in [2.75, 3.05) is 17.4 Å². The average molecular weight is 591 g/mol. The molecule has 7 nitrogen and oxygen atoms in total. The number of hydrogen-bond donors (Lipinski definition) is 1. The molecule has 0 aliphatic carbocycles. The zero-order valence-electron chi connectivity index (χ0n) is 22.2. The first kappa shape index (κ1) is 30.5. The van der Waals surface area contributed by atoms with E-state index in [-0.39, 0.29) is 23.0 Å². The van der Waals surface area contributed by atoms with Gasteiger partial charge in [-0.1, -0.05) is 72.9 Å². The number of carbonyl (C=O) groups is 2. The topological polar surface area (TPSA) is 86.8 Å². The third kappa shape index (κ3) is 7.97. The number of benzene rings is 3. The Balaban J connectivity index is 2.05. The molecule has 2 amide bonds. The minimum absolute atomic E-state index is 0.0300. The minimum atomic E-state index is -4.19. The maximum absolute atomic E-state index is 14.0. The van der Waals surface area contributed by atoms with Crippen LogP contribution in [0.4, 0.5) is 5.69 Å². The van der Waals surface area contributed by atoms with Crippen LogP contribution < -0.4 is 9.62 Å². The Hall–Kier alpha value is -3.07. The van der Waals surface area contributed by atoms with Crippen molar-refractivity contribution in [3.05, 3.63) is 94.0 Å². The molecule has 1 N–H and O–H groups in total. The average Bonchev–Trinajstić information content (AvgIpc) is 2.90. The predicted octanol–water partition coefficient (Wildman–Crippen LogP) is 5.83. The van der Waals surface area contributed by atoms with E-state index < -0.39 is 28.5 Å². The quantitative estimate of drug-likeness (QED) is 0.288. The molecular formula is C29H33Cl2N3O4S. The van der Waals surface area contributed by atoms with Crippen LogP contribution in [-0.2, 0) is 26.2 Å². The summed E-state index contributed by atoms with van der Waals surface area (Å²) >= 11 is 12.2. The van der Waals surface area contributed by atoms with E-state index in [0.717, 1.165) is 21.9 Å². The first-order chi connectivity index (χ1) is 18.6. The molecule has 3 aromatic rings. The summed E-state index contributed by atoms with van der Waals surface area (Å²) in [6.07, 6.45) is 1.10. The van der Waals surface area contributed by atoms with Crippen molar-refractivity contribution >= 4 is 50.7 Å². The van der Waals surface area contributed by atoms with Crippen LogP contribution in [0.25, 0.3) is 0 Å². The van der Waals surface area contributed by atoms with Crippen LogP contribution >= 0.6 is 23.2 Å². The van der Waals surface area contributed by atoms with Gasteiger partial charge in [0.05, 0.1) is 10.6 Å². The zero-order valence-corrected chi connectivity index (χ0v) is 24.6. The van der Waals surface area contributed by atoms with Crippen LogP contribution in [0.2, 0.25) is 10.0 Å². The van der Waals surface area contributed by atoms with E-state index >= 15 is 0 Å². The molecule has 0 aliphatic rings. The molecule has 10 heteroatoms. The molecule has 1 atom stereocenters. The number of anilines is 1. The lowest BCUT2D eigenvalue weighted by Gasteiger charge is -2.33. The Labute approximate surface area is 240 Å². The molecule has 39 heavy (non-hydrogen) atoms. The highest BCUT2D eigenvalue weighted by atomic mass is 35.5. The highest BCUT2D eigenvalue weighted by Crippen LogP contribution is 2.27. The van der Waals surface area contributed by atoms with E-state index in [1.165, 1.54) is 35.2 Å². The number of amides is 2. The molecule has 3 aromatic carbocycles. The van der Waals surface area contributed by atoms with Crippen LogP contribution in [0.3, 0.4) is 0 Å². The van der Waals surface area contributed by atoms with Crippen LogP contribution in [-0.4, -0.2) is 44.3 Å². The lowest BCUT2D eigenvalue weighted by molar-refractivity contribution is -0.140. The first-order valence-corrected chi connectivity index (χ1v) is 14.9. The molecule has 0 spiro atoms. The first-order valence-electron chi connectivity index (χ1n) is 12.7. The summed E-state index contributed by atoms with van der Waals surface area (Å²) < 4.78 is 28.7. The van der Waals surface area contributed by atoms with Gasteiger partial charge in [-0.3, -0.25) is 13.9 Å². The molecule has 0 saturated carbocycles. The second kappa shape index (κ2) is 13.8. The zero-order chi connectivity index (χ0) is 28.6. The standard InChI is InChI=1S/C29H33Cl2N3O4S/c1-4-16-32-29(36)27(5-2)33(19-22-9-6-8-21(3)17-22)28(35)20-34(25-11-7-10-24(31)18-25)39(37,38)26-14-12-23(30)13-15-26/h6-15,17-18,27H,4-5,16,19-20H2,1-3H3,(H,32,36). The van der Waals surface area contributed by atoms with Crippen molar-refractivity contribution in [3.63, 3.8) is 0 Å². The monoisotopic (exact) mass is 589 g/mol. The van der Waals surface area contributed by atoms with Crippen LogP contribution in [0, 0.1) is 6.92 Å². The van der Waals surface area contributed by atoms with Gasteiger partial charge in [0.15, 0.2) is 0 Å². The number of rotatable bonds is 12. The van der Waals surface area contributed by atoms with Gasteiger partial charge in [0.25, 0.3) is 10.0 Å². The Morgan fingerprint density at radius 1 is 0.923 bits per heavy atom. The Morgan fingerprint density at radius 2 is 1.62 bits per heavy atom. The van der Waals surface area contributed by atoms with E-state index in [2.05, 4.69) is 5.32 Å². The molecular weight excluding hydrogens is 557 g/mol. The number of hydrogen-bond acceptors (Lipinski definition) is 4. The number of sulfonamides is 1. The molecule has 0 aromatic heterocycles. The Kier molecular flexibility index (Phi) is 10.8. The fraction of sp³-hybridized carbons (Fsp3) is 0.310. The number of carbonyl (C=O) groups excluding carboxylic acids is 2. The fourth-order valence-corrected chi connectivity index (χ4v) is 5.90. The fourth-order valence-electron chi connectivity index (χ4n) is 4.19. The van der Waals surface area contributed by atoms with Crippen molar-refractivity contribution < 1.29 is 18.0 Å². The second-order valence-corrected chi connectivity index (χ2v) is 11.9. The van der Waals surface area contributed by atoms with E-state index in [1.807, 2.05) is 45.0 Å². The summed E-state index contributed by atoms with van der Waals surface area (Å²) in [6.45, 7) is 5.80. The molecule has 0 heterocycles. The summed E-state index contributed by atoms with van der Waals surface area (Å²) in [5, 5.41) is 3.57. The maximum Gasteiger partial charge on any atom is 0.264 e.